The van der Waals surface area contributed by atoms with Gasteiger partial charge in [0.2, 0.25) is 11.8 Å². The van der Waals surface area contributed by atoms with Gasteiger partial charge in [-0.3, -0.25) is 9.59 Å². The van der Waals surface area contributed by atoms with E-state index in [0.717, 1.165) is 11.1 Å². The zero-order valence-corrected chi connectivity index (χ0v) is 21.5. The molecule has 0 radical (unpaired) electrons. The zero-order valence-electron chi connectivity index (χ0n) is 19.2. The second-order valence-corrected chi connectivity index (χ2v) is 10.5. The first-order valence-corrected chi connectivity index (χ1v) is 12.7. The number of amides is 2. The Bertz CT molecular complexity index is 901. The molecule has 2 amide bonds. The molecule has 0 aliphatic carbocycles. The van der Waals surface area contributed by atoms with Gasteiger partial charge in [-0.15, -0.1) is 11.8 Å². The summed E-state index contributed by atoms with van der Waals surface area (Å²) < 4.78 is 0. The quantitative estimate of drug-likeness (QED) is 0.441. The Balaban J connectivity index is 2.09. The molecule has 4 nitrogen and oxygen atoms in total. The second kappa shape index (κ2) is 12.5. The fraction of sp³-hybridized carbons (Fsp3) is 0.440. The third kappa shape index (κ3) is 8.68. The van der Waals surface area contributed by atoms with Crippen molar-refractivity contribution in [2.45, 2.75) is 57.9 Å². The number of rotatable bonds is 10. The number of thioether (sulfide) groups is 1. The first kappa shape index (κ1) is 26.6. The van der Waals surface area contributed by atoms with Crippen LogP contribution in [0.2, 0.25) is 10.0 Å². The van der Waals surface area contributed by atoms with Crippen molar-refractivity contribution in [1.82, 2.24) is 10.2 Å². The summed E-state index contributed by atoms with van der Waals surface area (Å²) in [4.78, 5) is 27.9. The first-order chi connectivity index (χ1) is 15.1. The number of carbonyl (C=O) groups excluding carboxylic acids is 2. The minimum Gasteiger partial charge on any atom is -0.350 e. The molecular weight excluding hydrogens is 463 g/mol. The number of hydrogen-bond acceptors (Lipinski definition) is 3. The van der Waals surface area contributed by atoms with E-state index in [-0.39, 0.29) is 23.1 Å². The van der Waals surface area contributed by atoms with Crippen molar-refractivity contribution in [2.24, 2.45) is 0 Å². The van der Waals surface area contributed by atoms with Crippen LogP contribution in [0.1, 0.15) is 45.2 Å². The van der Waals surface area contributed by atoms with Gasteiger partial charge in [0, 0.05) is 17.8 Å². The topological polar surface area (TPSA) is 49.4 Å². The van der Waals surface area contributed by atoms with Crippen LogP contribution in [0.15, 0.2) is 48.5 Å². The van der Waals surface area contributed by atoms with Gasteiger partial charge < -0.3 is 10.2 Å². The summed E-state index contributed by atoms with van der Waals surface area (Å²) in [7, 11) is 0. The molecule has 2 rings (SSSR count). The molecule has 0 saturated carbocycles. The average molecular weight is 496 g/mol. The van der Waals surface area contributed by atoms with E-state index in [0.29, 0.717) is 35.2 Å². The van der Waals surface area contributed by atoms with Crippen molar-refractivity contribution in [2.75, 3.05) is 12.3 Å². The van der Waals surface area contributed by atoms with Gasteiger partial charge in [0.15, 0.2) is 0 Å². The van der Waals surface area contributed by atoms with Crippen LogP contribution in [0.5, 0.6) is 0 Å². The minimum atomic E-state index is -0.504. The largest absolute Gasteiger partial charge is 0.350 e. The highest BCUT2D eigenvalue weighted by Gasteiger charge is 2.30. The standard InChI is InChI=1S/C25H32Cl2N2O2S/c1-5-22(24(31)28-25(2,3)4)29(14-13-18-9-7-6-8-10-18)23(30)17-32-16-19-11-12-20(26)21(27)15-19/h6-12,15,22H,5,13-14,16-17H2,1-4H3,(H,28,31). The summed E-state index contributed by atoms with van der Waals surface area (Å²) in [6.45, 7) is 8.27. The molecule has 0 bridgehead atoms. The third-order valence-electron chi connectivity index (χ3n) is 4.85. The normalized spacial score (nSPS) is 12.3. The molecule has 0 heterocycles. The van der Waals surface area contributed by atoms with Crippen molar-refractivity contribution in [3.05, 3.63) is 69.7 Å². The average Bonchev–Trinajstić information content (AvgIpc) is 2.73. The highest BCUT2D eigenvalue weighted by molar-refractivity contribution is 7.99. The lowest BCUT2D eigenvalue weighted by molar-refractivity contribution is -0.139. The number of carbonyl (C=O) groups is 2. The Labute approximate surface area is 206 Å². The molecule has 1 N–H and O–H groups in total. The molecule has 0 spiro atoms. The SMILES string of the molecule is CCC(C(=O)NC(C)(C)C)N(CCc1ccccc1)C(=O)CSCc1ccc(Cl)c(Cl)c1. The lowest BCUT2D eigenvalue weighted by Crippen LogP contribution is -2.54. The van der Waals surface area contributed by atoms with E-state index in [1.165, 1.54) is 11.8 Å². The fourth-order valence-electron chi connectivity index (χ4n) is 3.32. The number of nitrogens with one attached hydrogen (secondary N) is 1. The maximum Gasteiger partial charge on any atom is 0.243 e. The number of halogens is 2. The molecule has 1 unspecified atom stereocenters. The van der Waals surface area contributed by atoms with Crippen molar-refractivity contribution < 1.29 is 9.59 Å². The van der Waals surface area contributed by atoms with E-state index >= 15 is 0 Å². The number of hydrogen-bond donors (Lipinski definition) is 1. The van der Waals surface area contributed by atoms with Crippen molar-refractivity contribution in [1.29, 1.82) is 0 Å². The van der Waals surface area contributed by atoms with Crippen LogP contribution in [0.3, 0.4) is 0 Å². The molecule has 174 valence electrons. The maximum absolute atomic E-state index is 13.2. The first-order valence-electron chi connectivity index (χ1n) is 10.8. The van der Waals surface area contributed by atoms with E-state index in [4.69, 9.17) is 23.2 Å². The summed E-state index contributed by atoms with van der Waals surface area (Å²) >= 11 is 13.6. The Morgan fingerprint density at radius 3 is 2.31 bits per heavy atom. The summed E-state index contributed by atoms with van der Waals surface area (Å²) in [5.74, 6) is 0.770. The molecule has 32 heavy (non-hydrogen) atoms. The Hall–Kier alpha value is -1.69. The highest BCUT2D eigenvalue weighted by atomic mass is 35.5. The van der Waals surface area contributed by atoms with Crippen LogP contribution in [-0.2, 0) is 21.8 Å². The zero-order chi connectivity index (χ0) is 23.7. The van der Waals surface area contributed by atoms with Gasteiger partial charge in [0.1, 0.15) is 6.04 Å². The van der Waals surface area contributed by atoms with Crippen LogP contribution in [-0.4, -0.2) is 40.6 Å². The molecule has 0 saturated heterocycles. The molecule has 2 aromatic rings. The van der Waals surface area contributed by atoms with Crippen LogP contribution in [0.25, 0.3) is 0 Å². The van der Waals surface area contributed by atoms with Crippen molar-refractivity contribution in [3.63, 3.8) is 0 Å². The molecule has 0 fully saturated rings. The highest BCUT2D eigenvalue weighted by Crippen LogP contribution is 2.25. The second-order valence-electron chi connectivity index (χ2n) is 8.73. The molecular formula is C25H32Cl2N2O2S. The van der Waals surface area contributed by atoms with Crippen molar-refractivity contribution in [3.8, 4) is 0 Å². The monoisotopic (exact) mass is 494 g/mol. The van der Waals surface area contributed by atoms with E-state index < -0.39 is 6.04 Å². The Morgan fingerprint density at radius 1 is 1.03 bits per heavy atom. The van der Waals surface area contributed by atoms with Crippen LogP contribution < -0.4 is 5.32 Å². The number of benzene rings is 2. The molecule has 1 atom stereocenters. The van der Waals surface area contributed by atoms with Gasteiger partial charge in [0.05, 0.1) is 15.8 Å². The smallest absolute Gasteiger partial charge is 0.243 e. The lowest BCUT2D eigenvalue weighted by atomic mass is 10.1. The van der Waals surface area contributed by atoms with Gasteiger partial charge in [-0.1, -0.05) is 66.5 Å². The van der Waals surface area contributed by atoms with E-state index in [9.17, 15) is 9.59 Å². The third-order valence-corrected chi connectivity index (χ3v) is 6.57. The van der Waals surface area contributed by atoms with Gasteiger partial charge in [-0.25, -0.2) is 0 Å². The lowest BCUT2D eigenvalue weighted by Gasteiger charge is -2.33. The van der Waals surface area contributed by atoms with Crippen LogP contribution >= 0.6 is 35.0 Å². The predicted molar refractivity (Wildman–Crippen MR) is 136 cm³/mol. The summed E-state index contributed by atoms with van der Waals surface area (Å²) in [6.07, 6.45) is 1.25. The summed E-state index contributed by atoms with van der Waals surface area (Å²) in [5.41, 5.74) is 1.78. The van der Waals surface area contributed by atoms with Gasteiger partial charge in [-0.05, 0) is 56.9 Å². The Kier molecular flexibility index (Phi) is 10.4. The number of nitrogens with zero attached hydrogens (tertiary/aromatic N) is 1. The van der Waals surface area contributed by atoms with Gasteiger partial charge in [0.25, 0.3) is 0 Å². The van der Waals surface area contributed by atoms with Crippen molar-refractivity contribution >= 4 is 46.8 Å². The molecule has 7 heteroatoms. The van der Waals surface area contributed by atoms with Gasteiger partial charge in [-0.2, -0.15) is 0 Å². The van der Waals surface area contributed by atoms with E-state index in [1.807, 2.05) is 70.2 Å². The molecule has 0 aromatic heterocycles. The van der Waals surface area contributed by atoms with E-state index in [1.54, 1.807) is 11.0 Å². The summed E-state index contributed by atoms with van der Waals surface area (Å²) in [5, 5.41) is 4.05. The minimum absolute atomic E-state index is 0.0399. The molecule has 0 aliphatic heterocycles. The van der Waals surface area contributed by atoms with E-state index in [2.05, 4.69) is 5.32 Å². The molecule has 2 aromatic carbocycles. The van der Waals surface area contributed by atoms with Crippen LogP contribution in [0.4, 0.5) is 0 Å². The maximum atomic E-state index is 13.2. The fourth-order valence-corrected chi connectivity index (χ4v) is 4.50. The Morgan fingerprint density at radius 2 is 1.72 bits per heavy atom. The summed E-state index contributed by atoms with van der Waals surface area (Å²) in [6, 6.07) is 15.0. The van der Waals surface area contributed by atoms with Gasteiger partial charge >= 0.3 is 0 Å². The predicted octanol–water partition coefficient (Wildman–Crippen LogP) is 5.99. The van der Waals surface area contributed by atoms with Crippen LogP contribution in [0, 0.1) is 0 Å². The molecule has 0 aliphatic rings.